The molecular weight excluding hydrogens is 218 g/mol. The fraction of sp³-hybridized carbons (Fsp3) is 0.538. The van der Waals surface area contributed by atoms with Crippen LogP contribution in [0.2, 0.25) is 0 Å². The number of nitrogens with zero attached hydrogens (tertiary/aromatic N) is 1. The summed E-state index contributed by atoms with van der Waals surface area (Å²) < 4.78 is 6.74. The van der Waals surface area contributed by atoms with Crippen molar-refractivity contribution < 1.29 is 14.3 Å². The molecule has 0 aliphatic heterocycles. The highest BCUT2D eigenvalue weighted by Crippen LogP contribution is 2.15. The number of rotatable bonds is 3. The molecule has 0 saturated heterocycles. The standard InChI is InChI=1S/C13H19NO3/c1-9-6-7-10(14(9)5)12(16)17-8-11(15)13(2,3)4/h6-7H,8H2,1-5H3. The van der Waals surface area contributed by atoms with Crippen molar-refractivity contribution >= 4 is 11.8 Å². The van der Waals surface area contributed by atoms with E-state index >= 15 is 0 Å². The van der Waals surface area contributed by atoms with Gasteiger partial charge in [0.05, 0.1) is 0 Å². The highest BCUT2D eigenvalue weighted by atomic mass is 16.5. The second-order valence-corrected chi connectivity index (χ2v) is 5.17. The van der Waals surface area contributed by atoms with Crippen molar-refractivity contribution in [2.24, 2.45) is 12.5 Å². The van der Waals surface area contributed by atoms with Crippen molar-refractivity contribution in [3.63, 3.8) is 0 Å². The van der Waals surface area contributed by atoms with E-state index in [1.165, 1.54) is 0 Å². The van der Waals surface area contributed by atoms with E-state index in [9.17, 15) is 9.59 Å². The molecule has 0 atom stereocenters. The number of aromatic nitrogens is 1. The van der Waals surface area contributed by atoms with Gasteiger partial charge in [0.2, 0.25) is 0 Å². The lowest BCUT2D eigenvalue weighted by Gasteiger charge is -2.16. The zero-order chi connectivity index (χ0) is 13.2. The smallest absolute Gasteiger partial charge is 0.355 e. The molecule has 0 saturated carbocycles. The zero-order valence-electron chi connectivity index (χ0n) is 11.0. The minimum atomic E-state index is -0.482. The Morgan fingerprint density at radius 3 is 2.29 bits per heavy atom. The van der Waals surface area contributed by atoms with Gasteiger partial charge < -0.3 is 9.30 Å². The van der Waals surface area contributed by atoms with Crippen molar-refractivity contribution in [1.29, 1.82) is 0 Å². The fourth-order valence-electron chi connectivity index (χ4n) is 1.24. The molecule has 4 nitrogen and oxygen atoms in total. The lowest BCUT2D eigenvalue weighted by atomic mass is 9.91. The van der Waals surface area contributed by atoms with Crippen molar-refractivity contribution in [3.8, 4) is 0 Å². The minimum absolute atomic E-state index is 0.0863. The largest absolute Gasteiger partial charge is 0.453 e. The van der Waals surface area contributed by atoms with Crippen molar-refractivity contribution in [2.45, 2.75) is 27.7 Å². The van der Waals surface area contributed by atoms with Gasteiger partial charge in [-0.15, -0.1) is 0 Å². The highest BCUT2D eigenvalue weighted by molar-refractivity contribution is 5.91. The number of Topliss-reactive ketones (excluding diaryl/α,β-unsaturated/α-hetero) is 1. The molecule has 0 spiro atoms. The zero-order valence-corrected chi connectivity index (χ0v) is 11.0. The number of hydrogen-bond donors (Lipinski definition) is 0. The predicted molar refractivity (Wildman–Crippen MR) is 64.9 cm³/mol. The van der Waals surface area contributed by atoms with Crippen LogP contribution in [-0.4, -0.2) is 22.9 Å². The van der Waals surface area contributed by atoms with Crippen LogP contribution in [0, 0.1) is 12.3 Å². The molecule has 0 fully saturated rings. The normalized spacial score (nSPS) is 11.4. The van der Waals surface area contributed by atoms with Crippen LogP contribution in [-0.2, 0) is 16.6 Å². The van der Waals surface area contributed by atoms with Gasteiger partial charge in [-0.2, -0.15) is 0 Å². The van der Waals surface area contributed by atoms with Gasteiger partial charge in [-0.1, -0.05) is 20.8 Å². The van der Waals surface area contributed by atoms with Gasteiger partial charge in [-0.05, 0) is 19.1 Å². The van der Waals surface area contributed by atoms with Crippen LogP contribution in [0.25, 0.3) is 0 Å². The monoisotopic (exact) mass is 237 g/mol. The lowest BCUT2D eigenvalue weighted by Crippen LogP contribution is -2.26. The highest BCUT2D eigenvalue weighted by Gasteiger charge is 2.23. The summed E-state index contributed by atoms with van der Waals surface area (Å²) in [5.41, 5.74) is 0.952. The summed E-state index contributed by atoms with van der Waals surface area (Å²) in [5, 5.41) is 0. The molecule has 17 heavy (non-hydrogen) atoms. The number of esters is 1. The molecule has 1 aromatic rings. The first-order valence-corrected chi connectivity index (χ1v) is 5.56. The number of ether oxygens (including phenoxy) is 1. The predicted octanol–water partition coefficient (Wildman–Crippen LogP) is 2.11. The van der Waals surface area contributed by atoms with Gasteiger partial charge in [0.25, 0.3) is 0 Å². The quantitative estimate of drug-likeness (QED) is 0.756. The van der Waals surface area contributed by atoms with Crippen LogP contribution in [0.4, 0.5) is 0 Å². The molecule has 94 valence electrons. The Morgan fingerprint density at radius 1 is 1.29 bits per heavy atom. The molecule has 4 heteroatoms. The van der Waals surface area contributed by atoms with Crippen LogP contribution >= 0.6 is 0 Å². The first-order chi connectivity index (χ1) is 7.73. The summed E-state index contributed by atoms with van der Waals surface area (Å²) in [6.07, 6.45) is 0. The van der Waals surface area contributed by atoms with Gasteiger partial charge in [0.15, 0.2) is 12.4 Å². The Bertz CT molecular complexity index is 438. The van der Waals surface area contributed by atoms with Gasteiger partial charge in [0.1, 0.15) is 5.69 Å². The van der Waals surface area contributed by atoms with Crippen molar-refractivity contribution in [3.05, 3.63) is 23.5 Å². The average molecular weight is 237 g/mol. The molecule has 0 unspecified atom stereocenters. The number of aryl methyl sites for hydroxylation is 1. The molecule has 1 rings (SSSR count). The third-order valence-electron chi connectivity index (χ3n) is 2.75. The Labute approximate surface area is 102 Å². The van der Waals surface area contributed by atoms with Crippen LogP contribution in [0.5, 0.6) is 0 Å². The number of carbonyl (C=O) groups excluding carboxylic acids is 2. The van der Waals surface area contributed by atoms with E-state index in [2.05, 4.69) is 0 Å². The van der Waals surface area contributed by atoms with Crippen molar-refractivity contribution in [1.82, 2.24) is 4.57 Å². The molecule has 0 aliphatic carbocycles. The Kier molecular flexibility index (Phi) is 3.76. The summed E-state index contributed by atoms with van der Waals surface area (Å²) in [5.74, 6) is -0.546. The summed E-state index contributed by atoms with van der Waals surface area (Å²) in [4.78, 5) is 23.3. The third-order valence-corrected chi connectivity index (χ3v) is 2.75. The first kappa shape index (κ1) is 13.5. The Morgan fingerprint density at radius 2 is 1.88 bits per heavy atom. The minimum Gasteiger partial charge on any atom is -0.453 e. The Balaban J connectivity index is 2.63. The number of carbonyl (C=O) groups is 2. The molecule has 0 radical (unpaired) electrons. The van der Waals surface area contributed by atoms with Gasteiger partial charge in [-0.3, -0.25) is 4.79 Å². The summed E-state index contributed by atoms with van der Waals surface area (Å²) in [7, 11) is 1.79. The molecule has 1 aromatic heterocycles. The first-order valence-electron chi connectivity index (χ1n) is 5.56. The molecular formula is C13H19NO3. The van der Waals surface area contributed by atoms with E-state index in [0.717, 1.165) is 5.69 Å². The van der Waals surface area contributed by atoms with Crippen molar-refractivity contribution in [2.75, 3.05) is 6.61 Å². The third kappa shape index (κ3) is 3.19. The number of hydrogen-bond acceptors (Lipinski definition) is 3. The number of ketones is 1. The SMILES string of the molecule is Cc1ccc(C(=O)OCC(=O)C(C)(C)C)n1C. The lowest BCUT2D eigenvalue weighted by molar-refractivity contribution is -0.129. The maximum Gasteiger partial charge on any atom is 0.355 e. The van der Waals surface area contributed by atoms with Crippen LogP contribution in [0.3, 0.4) is 0 Å². The average Bonchev–Trinajstić information content (AvgIpc) is 2.54. The van der Waals surface area contributed by atoms with Gasteiger partial charge in [0, 0.05) is 18.2 Å². The molecule has 0 bridgehead atoms. The van der Waals surface area contributed by atoms with E-state index in [-0.39, 0.29) is 12.4 Å². The Hall–Kier alpha value is -1.58. The van der Waals surface area contributed by atoms with Crippen LogP contribution in [0.15, 0.2) is 12.1 Å². The van der Waals surface area contributed by atoms with E-state index < -0.39 is 11.4 Å². The topological polar surface area (TPSA) is 48.3 Å². The fourth-order valence-corrected chi connectivity index (χ4v) is 1.24. The van der Waals surface area contributed by atoms with E-state index in [1.54, 1.807) is 38.5 Å². The van der Waals surface area contributed by atoms with Crippen LogP contribution in [0.1, 0.15) is 37.0 Å². The van der Waals surface area contributed by atoms with E-state index in [0.29, 0.717) is 5.69 Å². The van der Waals surface area contributed by atoms with Gasteiger partial charge in [-0.25, -0.2) is 4.79 Å². The molecule has 0 amide bonds. The van der Waals surface area contributed by atoms with E-state index in [4.69, 9.17) is 4.74 Å². The molecule has 1 heterocycles. The second kappa shape index (κ2) is 4.73. The summed E-state index contributed by atoms with van der Waals surface area (Å²) >= 11 is 0. The maximum absolute atomic E-state index is 11.7. The molecule has 0 aliphatic rings. The van der Waals surface area contributed by atoms with Crippen LogP contribution < -0.4 is 0 Å². The maximum atomic E-state index is 11.7. The van der Waals surface area contributed by atoms with E-state index in [1.807, 2.05) is 13.0 Å². The van der Waals surface area contributed by atoms with Gasteiger partial charge >= 0.3 is 5.97 Å². The molecule has 0 N–H and O–H groups in total. The molecule has 0 aromatic carbocycles. The second-order valence-electron chi connectivity index (χ2n) is 5.17. The summed E-state index contributed by atoms with van der Waals surface area (Å²) in [6, 6.07) is 3.53. The summed E-state index contributed by atoms with van der Waals surface area (Å²) in [6.45, 7) is 7.13.